The van der Waals surface area contributed by atoms with Crippen molar-refractivity contribution in [2.24, 2.45) is 0 Å². The van der Waals surface area contributed by atoms with Crippen LogP contribution in [0.4, 0.5) is 4.39 Å². The maximum Gasteiger partial charge on any atom is 0.142 e. The highest BCUT2D eigenvalue weighted by Crippen LogP contribution is 2.31. The highest BCUT2D eigenvalue weighted by atomic mass is 35.5. The van der Waals surface area contributed by atoms with Crippen molar-refractivity contribution in [2.45, 2.75) is 24.3 Å². The third kappa shape index (κ3) is 2.12. The Bertz CT molecular complexity index is 337. The average molecular weight is 235 g/mol. The van der Waals surface area contributed by atoms with Crippen molar-refractivity contribution in [3.8, 4) is 5.75 Å². The number of hydrogen-bond acceptors (Lipinski definition) is 1. The molecule has 1 aliphatic carbocycles. The lowest BCUT2D eigenvalue weighted by Crippen LogP contribution is -2.34. The van der Waals surface area contributed by atoms with Crippen LogP contribution in [0.5, 0.6) is 5.75 Å². The lowest BCUT2D eigenvalue weighted by Gasteiger charge is -2.31. The molecule has 1 saturated carbocycles. The quantitative estimate of drug-likeness (QED) is 0.711. The monoisotopic (exact) mass is 234 g/mol. The zero-order chi connectivity index (χ0) is 10.1. The molecule has 0 spiro atoms. The van der Waals surface area contributed by atoms with E-state index in [0.717, 1.165) is 12.8 Å². The SMILES string of the molecule is Fc1ccc(OC2CC(Cl)C2)cc1Cl. The fourth-order valence-electron chi connectivity index (χ4n) is 1.34. The summed E-state index contributed by atoms with van der Waals surface area (Å²) >= 11 is 11.4. The minimum Gasteiger partial charge on any atom is -0.490 e. The lowest BCUT2D eigenvalue weighted by molar-refractivity contribution is 0.124. The van der Waals surface area contributed by atoms with Gasteiger partial charge in [0.1, 0.15) is 17.7 Å². The number of alkyl halides is 1. The number of hydrogen-bond donors (Lipinski definition) is 0. The number of ether oxygens (including phenoxy) is 1. The van der Waals surface area contributed by atoms with Crippen molar-refractivity contribution < 1.29 is 9.13 Å². The predicted octanol–water partition coefficient (Wildman–Crippen LogP) is 3.63. The molecule has 1 fully saturated rings. The van der Waals surface area contributed by atoms with Crippen LogP contribution in [0.2, 0.25) is 5.02 Å². The summed E-state index contributed by atoms with van der Waals surface area (Å²) in [7, 11) is 0. The highest BCUT2D eigenvalue weighted by Gasteiger charge is 2.28. The van der Waals surface area contributed by atoms with Gasteiger partial charge in [-0.15, -0.1) is 11.6 Å². The van der Waals surface area contributed by atoms with Crippen LogP contribution in [-0.4, -0.2) is 11.5 Å². The predicted molar refractivity (Wildman–Crippen MR) is 54.7 cm³/mol. The van der Waals surface area contributed by atoms with E-state index in [1.807, 2.05) is 0 Å². The van der Waals surface area contributed by atoms with Gasteiger partial charge in [-0.1, -0.05) is 11.6 Å². The van der Waals surface area contributed by atoms with Gasteiger partial charge in [0.25, 0.3) is 0 Å². The number of halogens is 3. The summed E-state index contributed by atoms with van der Waals surface area (Å²) in [6.07, 6.45) is 1.84. The molecule has 76 valence electrons. The van der Waals surface area contributed by atoms with Gasteiger partial charge in [-0.05, 0) is 12.1 Å². The topological polar surface area (TPSA) is 9.23 Å². The fraction of sp³-hybridized carbons (Fsp3) is 0.400. The molecule has 1 aliphatic rings. The Hall–Kier alpha value is -0.470. The van der Waals surface area contributed by atoms with E-state index >= 15 is 0 Å². The third-order valence-electron chi connectivity index (χ3n) is 2.23. The van der Waals surface area contributed by atoms with Gasteiger partial charge in [0.15, 0.2) is 0 Å². The molecule has 0 radical (unpaired) electrons. The van der Waals surface area contributed by atoms with E-state index in [9.17, 15) is 4.39 Å². The first-order valence-electron chi connectivity index (χ1n) is 4.41. The first-order chi connectivity index (χ1) is 6.65. The second kappa shape index (κ2) is 3.95. The van der Waals surface area contributed by atoms with Crippen molar-refractivity contribution in [3.63, 3.8) is 0 Å². The van der Waals surface area contributed by atoms with E-state index in [1.165, 1.54) is 12.1 Å². The number of benzene rings is 1. The summed E-state index contributed by atoms with van der Waals surface area (Å²) in [6, 6.07) is 4.36. The van der Waals surface area contributed by atoms with Gasteiger partial charge in [0, 0.05) is 24.3 Å². The van der Waals surface area contributed by atoms with Gasteiger partial charge in [-0.25, -0.2) is 4.39 Å². The molecule has 0 unspecified atom stereocenters. The molecule has 14 heavy (non-hydrogen) atoms. The molecule has 0 aromatic heterocycles. The van der Waals surface area contributed by atoms with E-state index in [0.29, 0.717) is 5.75 Å². The van der Waals surface area contributed by atoms with Crippen molar-refractivity contribution >= 4 is 23.2 Å². The van der Waals surface area contributed by atoms with Crippen LogP contribution in [0.1, 0.15) is 12.8 Å². The molecular weight excluding hydrogens is 226 g/mol. The van der Waals surface area contributed by atoms with Gasteiger partial charge >= 0.3 is 0 Å². The summed E-state index contributed by atoms with van der Waals surface area (Å²) < 4.78 is 18.3. The van der Waals surface area contributed by atoms with Crippen LogP contribution >= 0.6 is 23.2 Å². The van der Waals surface area contributed by atoms with E-state index < -0.39 is 5.82 Å². The Morgan fingerprint density at radius 2 is 2.07 bits per heavy atom. The molecule has 1 nitrogen and oxygen atoms in total. The molecule has 1 aromatic rings. The van der Waals surface area contributed by atoms with Gasteiger partial charge in [0.2, 0.25) is 0 Å². The standard InChI is InChI=1S/C10H9Cl2FO/c11-6-3-8(4-6)14-7-1-2-10(13)9(12)5-7/h1-2,5-6,8H,3-4H2. The Kier molecular flexibility index (Phi) is 2.84. The van der Waals surface area contributed by atoms with E-state index in [4.69, 9.17) is 27.9 Å². The maximum atomic E-state index is 12.8. The van der Waals surface area contributed by atoms with Crippen molar-refractivity contribution in [1.82, 2.24) is 0 Å². The van der Waals surface area contributed by atoms with E-state index in [1.54, 1.807) is 6.07 Å². The Morgan fingerprint density at radius 3 is 2.64 bits per heavy atom. The van der Waals surface area contributed by atoms with Crippen molar-refractivity contribution in [2.75, 3.05) is 0 Å². The molecule has 0 saturated heterocycles. The van der Waals surface area contributed by atoms with Crippen LogP contribution in [0, 0.1) is 5.82 Å². The van der Waals surface area contributed by atoms with Crippen molar-refractivity contribution in [1.29, 1.82) is 0 Å². The van der Waals surface area contributed by atoms with E-state index in [2.05, 4.69) is 0 Å². The Balaban J connectivity index is 2.00. The molecule has 1 aromatic carbocycles. The van der Waals surface area contributed by atoms with Crippen LogP contribution < -0.4 is 4.74 Å². The molecule has 0 bridgehead atoms. The normalized spacial score (nSPS) is 25.6. The lowest BCUT2D eigenvalue weighted by atomic mass is 9.95. The summed E-state index contributed by atoms with van der Waals surface area (Å²) in [4.78, 5) is 0. The van der Waals surface area contributed by atoms with Crippen LogP contribution in [0.15, 0.2) is 18.2 Å². The molecule has 0 N–H and O–H groups in total. The molecule has 0 aliphatic heterocycles. The maximum absolute atomic E-state index is 12.8. The summed E-state index contributed by atoms with van der Waals surface area (Å²) in [6.45, 7) is 0. The third-order valence-corrected chi connectivity index (χ3v) is 2.88. The Morgan fingerprint density at radius 1 is 1.36 bits per heavy atom. The second-order valence-corrected chi connectivity index (χ2v) is 4.41. The minimum absolute atomic E-state index is 0.0873. The van der Waals surface area contributed by atoms with Crippen LogP contribution in [-0.2, 0) is 0 Å². The van der Waals surface area contributed by atoms with Gasteiger partial charge in [-0.2, -0.15) is 0 Å². The molecule has 0 atom stereocenters. The first-order valence-corrected chi connectivity index (χ1v) is 5.22. The molecule has 0 heterocycles. The van der Waals surface area contributed by atoms with Gasteiger partial charge in [0.05, 0.1) is 5.02 Å². The second-order valence-electron chi connectivity index (χ2n) is 3.38. The fourth-order valence-corrected chi connectivity index (χ4v) is 1.91. The first kappa shape index (κ1) is 10.1. The van der Waals surface area contributed by atoms with E-state index in [-0.39, 0.29) is 16.5 Å². The largest absolute Gasteiger partial charge is 0.490 e. The van der Waals surface area contributed by atoms with Crippen molar-refractivity contribution in [3.05, 3.63) is 29.0 Å². The highest BCUT2D eigenvalue weighted by molar-refractivity contribution is 6.30. The molecule has 4 heteroatoms. The average Bonchev–Trinajstić information content (AvgIpc) is 2.09. The number of rotatable bonds is 2. The zero-order valence-corrected chi connectivity index (χ0v) is 8.85. The van der Waals surface area contributed by atoms with Crippen LogP contribution in [0.25, 0.3) is 0 Å². The van der Waals surface area contributed by atoms with Gasteiger partial charge in [-0.3, -0.25) is 0 Å². The Labute approximate surface area is 91.8 Å². The molecule has 2 rings (SSSR count). The van der Waals surface area contributed by atoms with Gasteiger partial charge < -0.3 is 4.74 Å². The minimum atomic E-state index is -0.428. The molecule has 0 amide bonds. The van der Waals surface area contributed by atoms with Crippen LogP contribution in [0.3, 0.4) is 0 Å². The summed E-state index contributed by atoms with van der Waals surface area (Å²) in [5.41, 5.74) is 0. The summed E-state index contributed by atoms with van der Waals surface area (Å²) in [5, 5.41) is 0.306. The summed E-state index contributed by atoms with van der Waals surface area (Å²) in [5.74, 6) is 0.174. The smallest absolute Gasteiger partial charge is 0.142 e. The molecular formula is C10H9Cl2FO. The zero-order valence-electron chi connectivity index (χ0n) is 7.34.